The number of likely N-dealkylation sites (N-methyl/N-ethyl adjacent to an activating group) is 1. The molecular formula is C19H26N4O3. The lowest BCUT2D eigenvalue weighted by Crippen LogP contribution is -2.58. The largest absolute Gasteiger partial charge is 0.336 e. The third-order valence-electron chi connectivity index (χ3n) is 5.13. The van der Waals surface area contributed by atoms with E-state index in [1.54, 1.807) is 16.8 Å². The fourth-order valence-corrected chi connectivity index (χ4v) is 3.73. The zero-order valence-corrected chi connectivity index (χ0v) is 15.6. The summed E-state index contributed by atoms with van der Waals surface area (Å²) in [5.41, 5.74) is 3.02. The van der Waals surface area contributed by atoms with Crippen LogP contribution in [0.4, 0.5) is 10.5 Å². The Labute approximate surface area is 153 Å². The third kappa shape index (κ3) is 3.81. The van der Waals surface area contributed by atoms with Crippen molar-refractivity contribution in [3.05, 3.63) is 29.3 Å². The van der Waals surface area contributed by atoms with E-state index in [9.17, 15) is 14.4 Å². The predicted molar refractivity (Wildman–Crippen MR) is 98.9 cm³/mol. The van der Waals surface area contributed by atoms with Crippen LogP contribution >= 0.6 is 0 Å². The molecule has 0 unspecified atom stereocenters. The number of amides is 4. The molecule has 2 aliphatic rings. The lowest BCUT2D eigenvalue weighted by atomic mass is 10.0. The Balaban J connectivity index is 1.55. The molecule has 0 spiro atoms. The van der Waals surface area contributed by atoms with Gasteiger partial charge in [-0.2, -0.15) is 0 Å². The van der Waals surface area contributed by atoms with Gasteiger partial charge in [0.05, 0.1) is 0 Å². The van der Waals surface area contributed by atoms with Crippen LogP contribution in [0.25, 0.3) is 0 Å². The zero-order valence-electron chi connectivity index (χ0n) is 15.6. The molecule has 0 radical (unpaired) electrons. The first-order valence-electron chi connectivity index (χ1n) is 9.05. The van der Waals surface area contributed by atoms with Crippen LogP contribution in [0.5, 0.6) is 0 Å². The number of piperazine rings is 1. The van der Waals surface area contributed by atoms with E-state index in [1.807, 2.05) is 26.0 Å². The van der Waals surface area contributed by atoms with Crippen LogP contribution in [0.2, 0.25) is 0 Å². The molecule has 26 heavy (non-hydrogen) atoms. The molecule has 0 atom stereocenters. The maximum Gasteiger partial charge on any atom is 0.321 e. The Morgan fingerprint density at radius 1 is 0.962 bits per heavy atom. The average Bonchev–Trinajstić information content (AvgIpc) is 2.59. The summed E-state index contributed by atoms with van der Waals surface area (Å²) in [6.45, 7) is 6.30. The van der Waals surface area contributed by atoms with Crippen molar-refractivity contribution in [1.82, 2.24) is 14.7 Å². The summed E-state index contributed by atoms with van der Waals surface area (Å²) in [5, 5.41) is 2.95. The molecular weight excluding hydrogens is 332 g/mol. The fraction of sp³-hybridized carbons (Fsp3) is 0.526. The van der Waals surface area contributed by atoms with Gasteiger partial charge in [-0.3, -0.25) is 9.59 Å². The van der Waals surface area contributed by atoms with Gasteiger partial charge in [0.15, 0.2) is 0 Å². The van der Waals surface area contributed by atoms with Crippen LogP contribution in [0.3, 0.4) is 0 Å². The van der Waals surface area contributed by atoms with E-state index in [0.29, 0.717) is 39.0 Å². The number of carbonyl (C=O) groups excluding carboxylic acids is 3. The number of likely N-dealkylation sites (tertiary alicyclic amines) is 1. The highest BCUT2D eigenvalue weighted by Crippen LogP contribution is 2.21. The lowest BCUT2D eigenvalue weighted by Gasteiger charge is -2.41. The van der Waals surface area contributed by atoms with Gasteiger partial charge in [0.25, 0.3) is 0 Å². The van der Waals surface area contributed by atoms with Gasteiger partial charge < -0.3 is 20.0 Å². The molecule has 0 bridgehead atoms. The minimum Gasteiger partial charge on any atom is -0.336 e. The second-order valence-corrected chi connectivity index (χ2v) is 7.25. The van der Waals surface area contributed by atoms with E-state index in [4.69, 9.17) is 0 Å². The number of nitrogens with one attached hydrogen (secondary N) is 1. The van der Waals surface area contributed by atoms with Crippen LogP contribution in [-0.4, -0.2) is 71.8 Å². The van der Waals surface area contributed by atoms with Crippen molar-refractivity contribution in [2.24, 2.45) is 0 Å². The van der Waals surface area contributed by atoms with Crippen molar-refractivity contribution in [3.63, 3.8) is 0 Å². The van der Waals surface area contributed by atoms with Crippen LogP contribution < -0.4 is 5.32 Å². The van der Waals surface area contributed by atoms with E-state index < -0.39 is 11.8 Å². The molecule has 1 N–H and O–H groups in total. The Kier molecular flexibility index (Phi) is 5.15. The van der Waals surface area contributed by atoms with Crippen molar-refractivity contribution in [2.45, 2.75) is 32.7 Å². The molecule has 140 valence electrons. The maximum absolute atomic E-state index is 12.5. The van der Waals surface area contributed by atoms with Crippen LogP contribution in [-0.2, 0) is 9.59 Å². The van der Waals surface area contributed by atoms with Crippen molar-refractivity contribution >= 4 is 23.5 Å². The van der Waals surface area contributed by atoms with E-state index >= 15 is 0 Å². The third-order valence-corrected chi connectivity index (χ3v) is 5.13. The summed E-state index contributed by atoms with van der Waals surface area (Å²) >= 11 is 0. The highest BCUT2D eigenvalue weighted by Gasteiger charge is 2.36. The first kappa shape index (κ1) is 18.2. The second-order valence-electron chi connectivity index (χ2n) is 7.25. The van der Waals surface area contributed by atoms with Crippen LogP contribution in [0.1, 0.15) is 24.0 Å². The molecule has 1 aromatic rings. The summed E-state index contributed by atoms with van der Waals surface area (Å²) < 4.78 is 0. The van der Waals surface area contributed by atoms with Crippen molar-refractivity contribution in [3.8, 4) is 0 Å². The van der Waals surface area contributed by atoms with Crippen molar-refractivity contribution < 1.29 is 14.4 Å². The average molecular weight is 358 g/mol. The van der Waals surface area contributed by atoms with Crippen molar-refractivity contribution in [1.29, 1.82) is 0 Å². The molecule has 0 saturated carbocycles. The second kappa shape index (κ2) is 7.35. The quantitative estimate of drug-likeness (QED) is 0.816. The van der Waals surface area contributed by atoms with Crippen LogP contribution in [0, 0.1) is 13.8 Å². The highest BCUT2D eigenvalue weighted by molar-refractivity contribution is 6.35. The molecule has 2 saturated heterocycles. The first-order chi connectivity index (χ1) is 12.3. The van der Waals surface area contributed by atoms with Gasteiger partial charge in [-0.05, 0) is 49.9 Å². The molecule has 7 nitrogen and oxygen atoms in total. The molecule has 2 heterocycles. The summed E-state index contributed by atoms with van der Waals surface area (Å²) in [6.07, 6.45) is 1.39. The number of piperidine rings is 1. The Morgan fingerprint density at radius 2 is 1.58 bits per heavy atom. The summed E-state index contributed by atoms with van der Waals surface area (Å²) in [7, 11) is 1.65. The molecule has 0 aromatic heterocycles. The Hall–Kier alpha value is -2.57. The summed E-state index contributed by atoms with van der Waals surface area (Å²) in [5.74, 6) is -0.858. The summed E-state index contributed by atoms with van der Waals surface area (Å²) in [6, 6.07) is 5.88. The van der Waals surface area contributed by atoms with Crippen LogP contribution in [0.15, 0.2) is 18.2 Å². The minimum atomic E-state index is -0.439. The van der Waals surface area contributed by atoms with E-state index in [1.165, 1.54) is 4.90 Å². The smallest absolute Gasteiger partial charge is 0.321 e. The number of hydrogen-bond acceptors (Lipinski definition) is 3. The van der Waals surface area contributed by atoms with E-state index in [2.05, 4.69) is 11.4 Å². The normalized spacial score (nSPS) is 19.1. The SMILES string of the molecule is Cc1cc(C)cc(NC(=O)N2CCC(N3CCN(C)C(=O)C3=O)CC2)c1. The van der Waals surface area contributed by atoms with Gasteiger partial charge in [-0.25, -0.2) is 4.79 Å². The van der Waals surface area contributed by atoms with Crippen molar-refractivity contribution in [2.75, 3.05) is 38.5 Å². The number of rotatable bonds is 2. The highest BCUT2D eigenvalue weighted by atomic mass is 16.2. The number of aryl methyl sites for hydroxylation is 2. The number of anilines is 1. The molecule has 1 aromatic carbocycles. The number of benzene rings is 1. The fourth-order valence-electron chi connectivity index (χ4n) is 3.73. The molecule has 4 amide bonds. The molecule has 2 aliphatic heterocycles. The standard InChI is InChI=1S/C19H26N4O3/c1-13-10-14(2)12-15(11-13)20-19(26)22-6-4-16(5-7-22)23-9-8-21(3)17(24)18(23)25/h10-12,16H,4-9H2,1-3H3,(H,20,26). The number of urea groups is 1. The predicted octanol–water partition coefficient (Wildman–Crippen LogP) is 1.60. The number of nitrogens with zero attached hydrogens (tertiary/aromatic N) is 3. The Morgan fingerprint density at radius 3 is 2.19 bits per heavy atom. The van der Waals surface area contributed by atoms with Gasteiger partial charge in [-0.15, -0.1) is 0 Å². The minimum absolute atomic E-state index is 0.0328. The van der Waals surface area contributed by atoms with Gasteiger partial charge >= 0.3 is 17.8 Å². The monoisotopic (exact) mass is 358 g/mol. The first-order valence-corrected chi connectivity index (χ1v) is 9.05. The van der Waals surface area contributed by atoms with Gasteiger partial charge in [0.2, 0.25) is 0 Å². The molecule has 7 heteroatoms. The van der Waals surface area contributed by atoms with Gasteiger partial charge in [0, 0.05) is 45.0 Å². The molecule has 3 rings (SSSR count). The van der Waals surface area contributed by atoms with E-state index in [-0.39, 0.29) is 12.1 Å². The zero-order chi connectivity index (χ0) is 18.8. The lowest BCUT2D eigenvalue weighted by molar-refractivity contribution is -0.157. The topological polar surface area (TPSA) is 73.0 Å². The maximum atomic E-state index is 12.5. The van der Waals surface area contributed by atoms with Gasteiger partial charge in [0.1, 0.15) is 0 Å². The van der Waals surface area contributed by atoms with Gasteiger partial charge in [-0.1, -0.05) is 6.07 Å². The molecule has 0 aliphatic carbocycles. The number of carbonyl (C=O) groups is 3. The summed E-state index contributed by atoms with van der Waals surface area (Å²) in [4.78, 5) is 41.5. The molecule has 2 fully saturated rings. The Bertz CT molecular complexity index is 705. The van der Waals surface area contributed by atoms with E-state index in [0.717, 1.165) is 16.8 Å². The number of hydrogen-bond donors (Lipinski definition) is 1.